The lowest BCUT2D eigenvalue weighted by Crippen LogP contribution is -2.44. The van der Waals surface area contributed by atoms with Crippen LogP contribution in [0.4, 0.5) is 8.78 Å². The normalized spacial score (nSPS) is 44.5. The number of Topliss-reactive ketones (excluding diaryl/α,β-unsaturated/α-hetero) is 2. The molecular formula is C22H34F2O2. The molecule has 3 rings (SSSR count). The van der Waals surface area contributed by atoms with Gasteiger partial charge in [0.25, 0.3) is 0 Å². The number of carbonyl (C=O) groups excluding carboxylic acids is 2. The third-order valence-electron chi connectivity index (χ3n) is 7.61. The van der Waals surface area contributed by atoms with Gasteiger partial charge in [0.15, 0.2) is 0 Å². The van der Waals surface area contributed by atoms with Gasteiger partial charge in [0, 0.05) is 5.92 Å². The third kappa shape index (κ3) is 4.20. The molecular weight excluding hydrogens is 334 g/mol. The van der Waals surface area contributed by atoms with E-state index in [0.717, 1.165) is 37.5 Å². The fraction of sp³-hybridized carbons (Fsp3) is 0.909. The molecule has 0 spiro atoms. The summed E-state index contributed by atoms with van der Waals surface area (Å²) in [5.41, 5.74) is 0. The standard InChI is InChI=1S/C22H34F2O2/c1-13-3-6-15(7-4-13)16-8-10-17(11-9-16)21(25)22(26)18-12-5-14(2)19(23)20(18)24/h13-20H,3-12H2,1-2H3. The molecule has 0 aromatic heterocycles. The highest BCUT2D eigenvalue weighted by molar-refractivity contribution is 6.38. The van der Waals surface area contributed by atoms with Crippen molar-refractivity contribution < 1.29 is 18.4 Å². The average Bonchev–Trinajstić information content (AvgIpc) is 2.66. The van der Waals surface area contributed by atoms with Crippen molar-refractivity contribution in [3.63, 3.8) is 0 Å². The van der Waals surface area contributed by atoms with Crippen LogP contribution in [0, 0.1) is 35.5 Å². The number of hydrogen-bond donors (Lipinski definition) is 0. The molecule has 0 aliphatic heterocycles. The monoisotopic (exact) mass is 368 g/mol. The van der Waals surface area contributed by atoms with Crippen LogP contribution in [0.3, 0.4) is 0 Å². The van der Waals surface area contributed by atoms with Gasteiger partial charge in [0.1, 0.15) is 12.3 Å². The minimum Gasteiger partial charge on any atom is -0.291 e. The van der Waals surface area contributed by atoms with E-state index in [2.05, 4.69) is 6.92 Å². The van der Waals surface area contributed by atoms with Crippen LogP contribution in [-0.2, 0) is 9.59 Å². The molecule has 4 heteroatoms. The molecule has 4 atom stereocenters. The molecule has 3 aliphatic rings. The van der Waals surface area contributed by atoms with Crippen molar-refractivity contribution in [2.24, 2.45) is 35.5 Å². The van der Waals surface area contributed by atoms with Crippen LogP contribution >= 0.6 is 0 Å². The van der Waals surface area contributed by atoms with E-state index in [9.17, 15) is 18.4 Å². The number of carbonyl (C=O) groups is 2. The van der Waals surface area contributed by atoms with E-state index >= 15 is 0 Å². The molecule has 3 aliphatic carbocycles. The van der Waals surface area contributed by atoms with E-state index in [1.807, 2.05) is 0 Å². The van der Waals surface area contributed by atoms with E-state index in [1.54, 1.807) is 6.92 Å². The largest absolute Gasteiger partial charge is 0.291 e. The number of ketones is 2. The van der Waals surface area contributed by atoms with E-state index in [0.29, 0.717) is 18.8 Å². The molecule has 3 saturated carbocycles. The zero-order chi connectivity index (χ0) is 18.8. The quantitative estimate of drug-likeness (QED) is 0.616. The predicted octanol–water partition coefficient (Wildman–Crippen LogP) is 5.48. The molecule has 0 N–H and O–H groups in total. The first kappa shape index (κ1) is 19.9. The van der Waals surface area contributed by atoms with Crippen LogP contribution < -0.4 is 0 Å². The summed E-state index contributed by atoms with van der Waals surface area (Å²) in [4.78, 5) is 25.1. The Morgan fingerprint density at radius 1 is 0.654 bits per heavy atom. The molecule has 3 fully saturated rings. The Kier molecular flexibility index (Phi) is 6.50. The number of hydrogen-bond acceptors (Lipinski definition) is 2. The van der Waals surface area contributed by atoms with Gasteiger partial charge in [0.2, 0.25) is 11.6 Å². The topological polar surface area (TPSA) is 34.1 Å². The first-order chi connectivity index (χ1) is 12.4. The molecule has 0 heterocycles. The summed E-state index contributed by atoms with van der Waals surface area (Å²) in [6, 6.07) is 0. The first-order valence-electron chi connectivity index (χ1n) is 10.7. The summed E-state index contributed by atoms with van der Waals surface area (Å²) in [6.07, 6.45) is 6.10. The van der Waals surface area contributed by atoms with Gasteiger partial charge in [-0.2, -0.15) is 0 Å². The highest BCUT2D eigenvalue weighted by Crippen LogP contribution is 2.42. The van der Waals surface area contributed by atoms with Gasteiger partial charge in [-0.3, -0.25) is 9.59 Å². The Labute approximate surface area is 156 Å². The zero-order valence-corrected chi connectivity index (χ0v) is 16.3. The van der Waals surface area contributed by atoms with E-state index < -0.39 is 29.8 Å². The summed E-state index contributed by atoms with van der Waals surface area (Å²) >= 11 is 0. The fourth-order valence-corrected chi connectivity index (χ4v) is 5.57. The Balaban J connectivity index is 1.51. The highest BCUT2D eigenvalue weighted by atomic mass is 19.2. The van der Waals surface area contributed by atoms with E-state index in [4.69, 9.17) is 0 Å². The minimum absolute atomic E-state index is 0.258. The Morgan fingerprint density at radius 2 is 1.19 bits per heavy atom. The fourth-order valence-electron chi connectivity index (χ4n) is 5.57. The number of rotatable bonds is 4. The van der Waals surface area contributed by atoms with Gasteiger partial charge in [0.05, 0.1) is 5.92 Å². The maximum absolute atomic E-state index is 14.3. The lowest BCUT2D eigenvalue weighted by atomic mass is 9.68. The number of alkyl halides is 2. The Morgan fingerprint density at radius 3 is 1.77 bits per heavy atom. The van der Waals surface area contributed by atoms with Gasteiger partial charge >= 0.3 is 0 Å². The SMILES string of the molecule is CC1CCC(C2CCC(C(=O)C(=O)C3CCC(C)C(F)C3F)CC2)CC1. The van der Waals surface area contributed by atoms with Crippen LogP contribution in [0.25, 0.3) is 0 Å². The molecule has 26 heavy (non-hydrogen) atoms. The second-order valence-electron chi connectivity index (χ2n) is 9.41. The lowest BCUT2D eigenvalue weighted by Gasteiger charge is -2.37. The average molecular weight is 369 g/mol. The van der Waals surface area contributed by atoms with Gasteiger partial charge in [-0.15, -0.1) is 0 Å². The molecule has 0 amide bonds. The van der Waals surface area contributed by atoms with Crippen molar-refractivity contribution in [3.8, 4) is 0 Å². The highest BCUT2D eigenvalue weighted by Gasteiger charge is 2.45. The van der Waals surface area contributed by atoms with E-state index in [1.165, 1.54) is 25.7 Å². The first-order valence-corrected chi connectivity index (χ1v) is 10.7. The second-order valence-corrected chi connectivity index (χ2v) is 9.41. The summed E-state index contributed by atoms with van der Waals surface area (Å²) < 4.78 is 28.2. The molecule has 0 aromatic carbocycles. The molecule has 0 saturated heterocycles. The van der Waals surface area contributed by atoms with Gasteiger partial charge in [-0.1, -0.05) is 26.7 Å². The predicted molar refractivity (Wildman–Crippen MR) is 98.3 cm³/mol. The molecule has 0 aromatic rings. The van der Waals surface area contributed by atoms with Crippen LogP contribution in [0.5, 0.6) is 0 Å². The minimum atomic E-state index is -1.81. The zero-order valence-electron chi connectivity index (χ0n) is 16.3. The summed E-state index contributed by atoms with van der Waals surface area (Å²) in [6.45, 7) is 4.00. The Bertz CT molecular complexity index is 504. The summed E-state index contributed by atoms with van der Waals surface area (Å²) in [5, 5.41) is 0. The van der Waals surface area contributed by atoms with Crippen molar-refractivity contribution in [2.45, 2.75) is 90.4 Å². The smallest absolute Gasteiger partial charge is 0.204 e. The van der Waals surface area contributed by atoms with Gasteiger partial charge in [-0.05, 0) is 75.0 Å². The van der Waals surface area contributed by atoms with Crippen molar-refractivity contribution in [1.29, 1.82) is 0 Å². The molecule has 148 valence electrons. The molecule has 2 nitrogen and oxygen atoms in total. The maximum atomic E-state index is 14.3. The van der Waals surface area contributed by atoms with Crippen LogP contribution in [0.15, 0.2) is 0 Å². The molecule has 4 unspecified atom stereocenters. The van der Waals surface area contributed by atoms with Crippen LogP contribution in [-0.4, -0.2) is 23.9 Å². The van der Waals surface area contributed by atoms with E-state index in [-0.39, 0.29) is 11.8 Å². The second kappa shape index (κ2) is 8.48. The van der Waals surface area contributed by atoms with Crippen molar-refractivity contribution in [3.05, 3.63) is 0 Å². The molecule has 0 radical (unpaired) electrons. The maximum Gasteiger partial charge on any atom is 0.204 e. The molecule has 0 bridgehead atoms. The van der Waals surface area contributed by atoms with Gasteiger partial charge < -0.3 is 0 Å². The van der Waals surface area contributed by atoms with Crippen LogP contribution in [0.1, 0.15) is 78.1 Å². The van der Waals surface area contributed by atoms with Crippen molar-refractivity contribution in [1.82, 2.24) is 0 Å². The van der Waals surface area contributed by atoms with Crippen molar-refractivity contribution in [2.75, 3.05) is 0 Å². The van der Waals surface area contributed by atoms with Crippen molar-refractivity contribution >= 4 is 11.6 Å². The number of halogens is 2. The van der Waals surface area contributed by atoms with Gasteiger partial charge in [-0.25, -0.2) is 8.78 Å². The lowest BCUT2D eigenvalue weighted by molar-refractivity contribution is -0.145. The third-order valence-corrected chi connectivity index (χ3v) is 7.61. The van der Waals surface area contributed by atoms with Crippen LogP contribution in [0.2, 0.25) is 0 Å². The summed E-state index contributed by atoms with van der Waals surface area (Å²) in [7, 11) is 0. The Hall–Kier alpha value is -0.800. The summed E-state index contributed by atoms with van der Waals surface area (Å²) in [5.74, 6) is -0.429.